The number of hydrogen-bond donors (Lipinski definition) is 1. The van der Waals surface area contributed by atoms with Crippen molar-refractivity contribution in [3.8, 4) is 5.75 Å². The van der Waals surface area contributed by atoms with Gasteiger partial charge in [-0.05, 0) is 39.7 Å². The molecule has 202 valence electrons. The van der Waals surface area contributed by atoms with Crippen LogP contribution in [-0.2, 0) is 19.6 Å². The van der Waals surface area contributed by atoms with Crippen molar-refractivity contribution in [1.82, 2.24) is 0 Å². The van der Waals surface area contributed by atoms with Crippen molar-refractivity contribution >= 4 is 39.2 Å². The molecule has 0 aliphatic carbocycles. The van der Waals surface area contributed by atoms with Crippen LogP contribution in [0.25, 0.3) is 0 Å². The molecule has 0 unspecified atom stereocenters. The topological polar surface area (TPSA) is 95.7 Å². The fourth-order valence-electron chi connectivity index (χ4n) is 3.73. The van der Waals surface area contributed by atoms with Gasteiger partial charge in [0.2, 0.25) is 10.0 Å². The Kier molecular flexibility index (Phi) is 15.2. The summed E-state index contributed by atoms with van der Waals surface area (Å²) >= 11 is 12.1. The van der Waals surface area contributed by atoms with Crippen molar-refractivity contribution in [1.29, 1.82) is 0 Å². The van der Waals surface area contributed by atoms with Gasteiger partial charge >= 0.3 is 5.97 Å². The van der Waals surface area contributed by atoms with E-state index in [2.05, 4.69) is 0 Å². The Hall–Kier alpha value is -1.02. The molecule has 0 bridgehead atoms. The van der Waals surface area contributed by atoms with E-state index in [0.29, 0.717) is 18.8 Å². The second kappa shape index (κ2) is 16.7. The van der Waals surface area contributed by atoms with E-state index in [4.69, 9.17) is 37.8 Å². The number of carbonyl (C=O) groups excluding carboxylic acids is 1. The summed E-state index contributed by atoms with van der Waals surface area (Å²) in [5.41, 5.74) is -0.385. The maximum atomic E-state index is 11.7. The van der Waals surface area contributed by atoms with Crippen LogP contribution in [-0.4, -0.2) is 26.6 Å². The number of halogens is 2. The molecule has 0 aromatic heterocycles. The number of benzene rings is 1. The maximum absolute atomic E-state index is 11.7. The molecule has 6 nitrogen and oxygen atoms in total. The van der Waals surface area contributed by atoms with Crippen molar-refractivity contribution in [3.05, 3.63) is 22.2 Å². The maximum Gasteiger partial charge on any atom is 0.306 e. The van der Waals surface area contributed by atoms with Gasteiger partial charge in [0, 0.05) is 12.5 Å². The summed E-state index contributed by atoms with van der Waals surface area (Å²) in [6, 6.07) is 2.62. The van der Waals surface area contributed by atoms with Gasteiger partial charge in [0.1, 0.15) is 16.2 Å². The third kappa shape index (κ3) is 15.6. The van der Waals surface area contributed by atoms with Gasteiger partial charge < -0.3 is 9.47 Å². The lowest BCUT2D eigenvalue weighted by molar-refractivity contribution is -0.154. The van der Waals surface area contributed by atoms with E-state index in [-0.39, 0.29) is 26.5 Å². The molecule has 35 heavy (non-hydrogen) atoms. The van der Waals surface area contributed by atoms with E-state index in [9.17, 15) is 13.2 Å². The molecule has 0 radical (unpaired) electrons. The second-order valence-electron chi connectivity index (χ2n) is 10.0. The highest BCUT2D eigenvalue weighted by molar-refractivity contribution is 7.89. The van der Waals surface area contributed by atoms with Crippen LogP contribution >= 0.6 is 23.2 Å². The van der Waals surface area contributed by atoms with Gasteiger partial charge in [-0.2, -0.15) is 0 Å². The van der Waals surface area contributed by atoms with E-state index in [0.717, 1.165) is 25.7 Å². The second-order valence-corrected chi connectivity index (χ2v) is 12.4. The first-order valence-corrected chi connectivity index (χ1v) is 15.1. The largest absolute Gasteiger partial charge is 0.492 e. The predicted octanol–water partition coefficient (Wildman–Crippen LogP) is 7.82. The number of rotatable bonds is 18. The zero-order valence-corrected chi connectivity index (χ0v) is 23.9. The van der Waals surface area contributed by atoms with Crippen LogP contribution in [0.15, 0.2) is 17.0 Å². The lowest BCUT2D eigenvalue weighted by Crippen LogP contribution is -2.23. The molecule has 0 amide bonds. The van der Waals surface area contributed by atoms with Crippen LogP contribution < -0.4 is 9.88 Å². The monoisotopic (exact) mass is 551 g/mol. The lowest BCUT2D eigenvalue weighted by Gasteiger charge is -2.19. The molecule has 1 rings (SSSR count). The normalized spacial score (nSPS) is 12.1. The van der Waals surface area contributed by atoms with Crippen LogP contribution in [0.3, 0.4) is 0 Å². The summed E-state index contributed by atoms with van der Waals surface area (Å²) in [6.07, 6.45) is 15.7. The third-order valence-electron chi connectivity index (χ3n) is 5.50. The van der Waals surface area contributed by atoms with Crippen molar-refractivity contribution in [2.75, 3.05) is 6.61 Å². The number of esters is 1. The Morgan fingerprint density at radius 1 is 0.800 bits per heavy atom. The SMILES string of the molecule is CC(C)(C)OC(=O)CCCCCCCCCCCCCCCOc1cc(Cl)c(S(N)(=O)=O)cc1Cl. The summed E-state index contributed by atoms with van der Waals surface area (Å²) in [6.45, 7) is 6.21. The van der Waals surface area contributed by atoms with Gasteiger partial charge in [0.05, 0.1) is 16.7 Å². The van der Waals surface area contributed by atoms with Gasteiger partial charge in [-0.15, -0.1) is 0 Å². The van der Waals surface area contributed by atoms with E-state index in [1.807, 2.05) is 20.8 Å². The van der Waals surface area contributed by atoms with Gasteiger partial charge in [-0.3, -0.25) is 4.79 Å². The number of sulfonamides is 1. The third-order valence-corrected chi connectivity index (χ3v) is 7.17. The summed E-state index contributed by atoms with van der Waals surface area (Å²) in [4.78, 5) is 11.5. The smallest absolute Gasteiger partial charge is 0.306 e. The van der Waals surface area contributed by atoms with Crippen molar-refractivity contribution < 1.29 is 22.7 Å². The van der Waals surface area contributed by atoms with Crippen LogP contribution in [0.2, 0.25) is 10.0 Å². The number of nitrogens with two attached hydrogens (primary N) is 1. The summed E-state index contributed by atoms with van der Waals surface area (Å²) in [5, 5.41) is 5.29. The Labute approximate surface area is 222 Å². The lowest BCUT2D eigenvalue weighted by atomic mass is 10.0. The minimum Gasteiger partial charge on any atom is -0.492 e. The van der Waals surface area contributed by atoms with Gasteiger partial charge in [0.25, 0.3) is 0 Å². The molecule has 0 fully saturated rings. The molecule has 9 heteroatoms. The van der Waals surface area contributed by atoms with E-state index in [1.54, 1.807) is 0 Å². The number of unbranched alkanes of at least 4 members (excludes halogenated alkanes) is 12. The van der Waals surface area contributed by atoms with E-state index < -0.39 is 10.0 Å². The van der Waals surface area contributed by atoms with Crippen LogP contribution in [0.4, 0.5) is 0 Å². The van der Waals surface area contributed by atoms with E-state index in [1.165, 1.54) is 69.9 Å². The molecule has 0 aliphatic heterocycles. The fourth-order valence-corrected chi connectivity index (χ4v) is 5.10. The van der Waals surface area contributed by atoms with Gasteiger partial charge in [0.15, 0.2) is 0 Å². The first kappa shape index (κ1) is 32.0. The first-order chi connectivity index (χ1) is 16.4. The summed E-state index contributed by atoms with van der Waals surface area (Å²) in [5.74, 6) is 0.281. The van der Waals surface area contributed by atoms with Crippen molar-refractivity contribution in [2.24, 2.45) is 5.14 Å². The molecule has 0 heterocycles. The highest BCUT2D eigenvalue weighted by Crippen LogP contribution is 2.33. The number of carbonyl (C=O) groups is 1. The Balaban J connectivity index is 1.94. The summed E-state index contributed by atoms with van der Waals surface area (Å²) in [7, 11) is -3.92. The Bertz CT molecular complexity index is 869. The molecular weight excluding hydrogens is 509 g/mol. The van der Waals surface area contributed by atoms with Crippen molar-refractivity contribution in [3.63, 3.8) is 0 Å². The average molecular weight is 553 g/mol. The van der Waals surface area contributed by atoms with Crippen LogP contribution in [0, 0.1) is 0 Å². The fraction of sp³-hybridized carbons (Fsp3) is 0.731. The highest BCUT2D eigenvalue weighted by atomic mass is 35.5. The Morgan fingerprint density at radius 3 is 1.71 bits per heavy atom. The molecule has 0 spiro atoms. The standard InChI is InChI=1S/C26H43Cl2NO5S/c1-26(2,3)34-25(30)17-15-13-11-9-7-5-4-6-8-10-12-14-16-18-33-23-19-22(28)24(20-21(23)27)35(29,31)32/h19-20H,4-18H2,1-3H3,(H2,29,31,32). The highest BCUT2D eigenvalue weighted by Gasteiger charge is 2.17. The van der Waals surface area contributed by atoms with Gasteiger partial charge in [-0.25, -0.2) is 13.6 Å². The molecule has 1 aromatic rings. The minimum atomic E-state index is -3.92. The number of primary sulfonamides is 1. The molecule has 0 atom stereocenters. The first-order valence-electron chi connectivity index (χ1n) is 12.8. The zero-order chi connectivity index (χ0) is 26.3. The van der Waals surface area contributed by atoms with Crippen LogP contribution in [0.1, 0.15) is 111 Å². The number of hydrogen-bond acceptors (Lipinski definition) is 5. The molecule has 0 saturated heterocycles. The Morgan fingerprint density at radius 2 is 1.26 bits per heavy atom. The van der Waals surface area contributed by atoms with Crippen molar-refractivity contribution in [2.45, 2.75) is 121 Å². The van der Waals surface area contributed by atoms with Crippen LogP contribution in [0.5, 0.6) is 5.75 Å². The molecular formula is C26H43Cl2NO5S. The predicted molar refractivity (Wildman–Crippen MR) is 144 cm³/mol. The van der Waals surface area contributed by atoms with Gasteiger partial charge in [-0.1, -0.05) is 93.8 Å². The zero-order valence-electron chi connectivity index (χ0n) is 21.5. The quantitative estimate of drug-likeness (QED) is 0.148. The molecule has 2 N–H and O–H groups in total. The number of ether oxygens (including phenoxy) is 2. The molecule has 0 saturated carbocycles. The minimum absolute atomic E-state index is 0.00472. The van der Waals surface area contributed by atoms with E-state index >= 15 is 0 Å². The molecule has 0 aliphatic rings. The molecule has 1 aromatic carbocycles. The average Bonchev–Trinajstić information content (AvgIpc) is 2.73. The summed E-state index contributed by atoms with van der Waals surface area (Å²) < 4.78 is 33.9.